The number of esters is 2. The molecule has 1 aromatic rings. The average molecular weight is 370 g/mol. The lowest BCUT2D eigenvalue weighted by atomic mass is 10.0. The van der Waals surface area contributed by atoms with Gasteiger partial charge in [-0.05, 0) is 23.8 Å². The van der Waals surface area contributed by atoms with E-state index < -0.39 is 30.5 Å². The van der Waals surface area contributed by atoms with Gasteiger partial charge in [0.1, 0.15) is 12.6 Å². The molecule has 0 saturated carbocycles. The van der Waals surface area contributed by atoms with Gasteiger partial charge in [0.2, 0.25) is 0 Å². The van der Waals surface area contributed by atoms with Crippen molar-refractivity contribution < 1.29 is 28.7 Å². The second kappa shape index (κ2) is 10.4. The summed E-state index contributed by atoms with van der Waals surface area (Å²) in [6.45, 7) is 2.91. The smallest absolute Gasteiger partial charge is 0.328 e. The van der Waals surface area contributed by atoms with Gasteiger partial charge >= 0.3 is 11.9 Å². The Balaban J connectivity index is 2.35. The van der Waals surface area contributed by atoms with Crippen LogP contribution in [-0.4, -0.2) is 50.1 Å². The highest BCUT2D eigenvalue weighted by atomic mass is 32.1. The highest BCUT2D eigenvalue weighted by Crippen LogP contribution is 2.07. The topological polar surface area (TPSA) is 111 Å². The summed E-state index contributed by atoms with van der Waals surface area (Å²) < 4.78 is 9.41. The van der Waals surface area contributed by atoms with E-state index in [1.54, 1.807) is 17.5 Å². The van der Waals surface area contributed by atoms with Gasteiger partial charge < -0.3 is 20.1 Å². The average Bonchev–Trinajstić information content (AvgIpc) is 3.10. The molecule has 0 unspecified atom stereocenters. The van der Waals surface area contributed by atoms with Crippen molar-refractivity contribution >= 4 is 35.1 Å². The number of hydrogen-bond acceptors (Lipinski definition) is 7. The first kappa shape index (κ1) is 20.6. The fourth-order valence-corrected chi connectivity index (χ4v) is 2.55. The molecular weight excluding hydrogens is 348 g/mol. The summed E-state index contributed by atoms with van der Waals surface area (Å²) in [5.41, 5.74) is 0. The molecule has 0 aliphatic heterocycles. The van der Waals surface area contributed by atoms with Crippen LogP contribution < -0.4 is 10.6 Å². The number of amides is 2. The maximum absolute atomic E-state index is 11.8. The molecule has 0 aliphatic rings. The lowest BCUT2D eigenvalue weighted by Gasteiger charge is -2.18. The summed E-state index contributed by atoms with van der Waals surface area (Å²) in [5, 5.41) is 6.60. The number of carbonyl (C=O) groups is 4. The lowest BCUT2D eigenvalue weighted by Crippen LogP contribution is -2.44. The van der Waals surface area contributed by atoms with E-state index in [9.17, 15) is 19.2 Å². The molecule has 0 spiro atoms. The number of rotatable bonds is 9. The van der Waals surface area contributed by atoms with Gasteiger partial charge in [0.05, 0.1) is 12.0 Å². The number of thiophene rings is 1. The minimum atomic E-state index is -0.797. The van der Waals surface area contributed by atoms with E-state index in [4.69, 9.17) is 4.74 Å². The first-order valence-electron chi connectivity index (χ1n) is 7.68. The van der Waals surface area contributed by atoms with Crippen molar-refractivity contribution in [3.63, 3.8) is 0 Å². The van der Waals surface area contributed by atoms with Crippen LogP contribution in [0.2, 0.25) is 0 Å². The maximum Gasteiger partial charge on any atom is 0.328 e. The van der Waals surface area contributed by atoms with Gasteiger partial charge in [0.25, 0.3) is 11.8 Å². The standard InChI is InChI=1S/C16H22N2O6S/c1-10(2)7-11(16(22)23-3)18-13(19)9-24-14(20)8-17-15(21)12-5-4-6-25-12/h4-6,10-11H,7-9H2,1-3H3,(H,17,21)(H,18,19)/t11-/m1/s1. The molecule has 1 atom stereocenters. The van der Waals surface area contributed by atoms with Crippen LogP contribution in [-0.2, 0) is 23.9 Å². The van der Waals surface area contributed by atoms with E-state index >= 15 is 0 Å². The van der Waals surface area contributed by atoms with Crippen molar-refractivity contribution in [3.8, 4) is 0 Å². The Labute approximate surface area is 149 Å². The number of ether oxygens (including phenoxy) is 2. The van der Waals surface area contributed by atoms with Crippen LogP contribution in [0.5, 0.6) is 0 Å². The molecule has 0 aliphatic carbocycles. The van der Waals surface area contributed by atoms with Gasteiger partial charge in [-0.1, -0.05) is 19.9 Å². The summed E-state index contributed by atoms with van der Waals surface area (Å²) in [7, 11) is 1.23. The van der Waals surface area contributed by atoms with Gasteiger partial charge in [-0.2, -0.15) is 0 Å². The van der Waals surface area contributed by atoms with Crippen molar-refractivity contribution in [2.45, 2.75) is 26.3 Å². The molecule has 25 heavy (non-hydrogen) atoms. The molecule has 0 saturated heterocycles. The molecule has 9 heteroatoms. The molecule has 0 bridgehead atoms. The molecular formula is C16H22N2O6S. The first-order valence-corrected chi connectivity index (χ1v) is 8.56. The van der Waals surface area contributed by atoms with Gasteiger partial charge in [-0.3, -0.25) is 14.4 Å². The van der Waals surface area contributed by atoms with E-state index in [1.807, 2.05) is 13.8 Å². The predicted octanol–water partition coefficient (Wildman–Crippen LogP) is 0.725. The molecule has 2 N–H and O–H groups in total. The largest absolute Gasteiger partial charge is 0.467 e. The molecule has 0 fully saturated rings. The van der Waals surface area contributed by atoms with Crippen LogP contribution in [0, 0.1) is 5.92 Å². The van der Waals surface area contributed by atoms with E-state index in [2.05, 4.69) is 15.4 Å². The van der Waals surface area contributed by atoms with E-state index in [0.29, 0.717) is 11.3 Å². The van der Waals surface area contributed by atoms with Crippen molar-refractivity contribution in [1.29, 1.82) is 0 Å². The number of methoxy groups -OCH3 is 1. The number of hydrogen-bond donors (Lipinski definition) is 2. The molecule has 8 nitrogen and oxygen atoms in total. The molecule has 138 valence electrons. The summed E-state index contributed by atoms with van der Waals surface area (Å²) in [5.74, 6) is -2.15. The zero-order valence-corrected chi connectivity index (χ0v) is 15.2. The summed E-state index contributed by atoms with van der Waals surface area (Å²) >= 11 is 1.25. The van der Waals surface area contributed by atoms with Crippen LogP contribution in [0.25, 0.3) is 0 Å². The van der Waals surface area contributed by atoms with Gasteiger partial charge in [0, 0.05) is 0 Å². The Morgan fingerprint density at radius 1 is 1.24 bits per heavy atom. The molecule has 0 aromatic carbocycles. The summed E-state index contributed by atoms with van der Waals surface area (Å²) in [6, 6.07) is 2.55. The maximum atomic E-state index is 11.8. The minimum absolute atomic E-state index is 0.166. The predicted molar refractivity (Wildman–Crippen MR) is 91.0 cm³/mol. The van der Waals surface area contributed by atoms with Gasteiger partial charge in [-0.25, -0.2) is 4.79 Å². The lowest BCUT2D eigenvalue weighted by molar-refractivity contribution is -0.149. The minimum Gasteiger partial charge on any atom is -0.467 e. The van der Waals surface area contributed by atoms with Gasteiger partial charge in [-0.15, -0.1) is 11.3 Å². The van der Waals surface area contributed by atoms with Crippen LogP contribution in [0.1, 0.15) is 29.9 Å². The Morgan fingerprint density at radius 3 is 2.52 bits per heavy atom. The van der Waals surface area contributed by atoms with Crippen LogP contribution >= 0.6 is 11.3 Å². The third kappa shape index (κ3) is 7.79. The second-order valence-electron chi connectivity index (χ2n) is 5.59. The zero-order valence-electron chi connectivity index (χ0n) is 14.4. The first-order chi connectivity index (χ1) is 11.8. The monoisotopic (exact) mass is 370 g/mol. The second-order valence-corrected chi connectivity index (χ2v) is 6.54. The van der Waals surface area contributed by atoms with E-state index in [0.717, 1.165) is 0 Å². The molecule has 1 aromatic heterocycles. The third-order valence-corrected chi connectivity index (χ3v) is 3.90. The SMILES string of the molecule is COC(=O)[C@@H](CC(C)C)NC(=O)COC(=O)CNC(=O)c1cccs1. The highest BCUT2D eigenvalue weighted by molar-refractivity contribution is 7.12. The molecule has 1 heterocycles. The fraction of sp³-hybridized carbons (Fsp3) is 0.500. The Bertz CT molecular complexity index is 600. The Morgan fingerprint density at radius 2 is 1.96 bits per heavy atom. The van der Waals surface area contributed by atoms with Crippen molar-refractivity contribution in [2.75, 3.05) is 20.3 Å². The molecule has 2 amide bonds. The highest BCUT2D eigenvalue weighted by Gasteiger charge is 2.23. The normalized spacial score (nSPS) is 11.5. The van der Waals surface area contributed by atoms with Crippen molar-refractivity contribution in [2.24, 2.45) is 5.92 Å². The van der Waals surface area contributed by atoms with Crippen molar-refractivity contribution in [3.05, 3.63) is 22.4 Å². The van der Waals surface area contributed by atoms with E-state index in [-0.39, 0.29) is 18.4 Å². The molecule has 1 rings (SSSR count). The van der Waals surface area contributed by atoms with Crippen LogP contribution in [0.15, 0.2) is 17.5 Å². The van der Waals surface area contributed by atoms with E-state index in [1.165, 1.54) is 18.4 Å². The fourth-order valence-electron chi connectivity index (χ4n) is 1.91. The number of carbonyl (C=O) groups excluding carboxylic acids is 4. The van der Waals surface area contributed by atoms with Gasteiger partial charge in [0.15, 0.2) is 6.61 Å². The van der Waals surface area contributed by atoms with Crippen LogP contribution in [0.3, 0.4) is 0 Å². The number of nitrogens with one attached hydrogen (secondary N) is 2. The molecule has 0 radical (unpaired) electrons. The Kier molecular flexibility index (Phi) is 8.62. The van der Waals surface area contributed by atoms with Crippen molar-refractivity contribution in [1.82, 2.24) is 10.6 Å². The quantitative estimate of drug-likeness (QED) is 0.620. The Hall–Kier alpha value is -2.42. The summed E-state index contributed by atoms with van der Waals surface area (Å²) in [6.07, 6.45) is 0.406. The summed E-state index contributed by atoms with van der Waals surface area (Å²) in [4.78, 5) is 47.1. The third-order valence-electron chi connectivity index (χ3n) is 3.03. The zero-order chi connectivity index (χ0) is 18.8. The van der Waals surface area contributed by atoms with Crippen LogP contribution in [0.4, 0.5) is 0 Å².